The zero-order valence-electron chi connectivity index (χ0n) is 16.2. The molecular formula is C20H17ClN6O3. The van der Waals surface area contributed by atoms with Gasteiger partial charge in [-0.3, -0.25) is 18.7 Å². The van der Waals surface area contributed by atoms with Gasteiger partial charge in [0.1, 0.15) is 11.5 Å². The van der Waals surface area contributed by atoms with E-state index in [9.17, 15) is 14.4 Å². The van der Waals surface area contributed by atoms with E-state index >= 15 is 0 Å². The number of hydrogen-bond donors (Lipinski definition) is 1. The molecule has 0 aliphatic rings. The number of nitrogens with one attached hydrogen (secondary N) is 1. The van der Waals surface area contributed by atoms with Crippen LogP contribution < -0.4 is 16.6 Å². The number of halogens is 1. The van der Waals surface area contributed by atoms with Crippen LogP contribution in [0.5, 0.6) is 0 Å². The van der Waals surface area contributed by atoms with E-state index < -0.39 is 17.2 Å². The van der Waals surface area contributed by atoms with Gasteiger partial charge in [0.2, 0.25) is 0 Å². The van der Waals surface area contributed by atoms with Crippen molar-refractivity contribution in [3.63, 3.8) is 0 Å². The largest absolute Gasteiger partial charge is 0.332 e. The van der Waals surface area contributed by atoms with E-state index in [1.165, 1.54) is 30.9 Å². The molecule has 0 bridgehead atoms. The van der Waals surface area contributed by atoms with Crippen LogP contribution in [0, 0.1) is 0 Å². The third-order valence-electron chi connectivity index (χ3n) is 4.76. The highest BCUT2D eigenvalue weighted by atomic mass is 35.5. The van der Waals surface area contributed by atoms with E-state index in [4.69, 9.17) is 11.6 Å². The summed E-state index contributed by atoms with van der Waals surface area (Å²) in [6.45, 7) is 0.443. The number of pyridine rings is 1. The Morgan fingerprint density at radius 2 is 1.83 bits per heavy atom. The number of rotatable bonds is 4. The van der Waals surface area contributed by atoms with Crippen molar-refractivity contribution in [1.29, 1.82) is 0 Å². The van der Waals surface area contributed by atoms with Crippen LogP contribution in [0.2, 0.25) is 5.02 Å². The van der Waals surface area contributed by atoms with Crippen LogP contribution in [0.15, 0.2) is 58.4 Å². The molecule has 0 unspecified atom stereocenters. The lowest BCUT2D eigenvalue weighted by molar-refractivity contribution is 0.102. The van der Waals surface area contributed by atoms with Gasteiger partial charge in [-0.15, -0.1) is 0 Å². The summed E-state index contributed by atoms with van der Waals surface area (Å²) in [4.78, 5) is 41.4. The van der Waals surface area contributed by atoms with Crippen molar-refractivity contribution >= 4 is 34.4 Å². The predicted molar refractivity (Wildman–Crippen MR) is 113 cm³/mol. The van der Waals surface area contributed by atoms with Crippen LogP contribution in [-0.2, 0) is 20.6 Å². The first kappa shape index (κ1) is 19.6. The standard InChI is InChI=1S/C20H17ClN6O3/c1-25-17-15(19(29)26(2)20(25)30)9-13(10-22-17)18(28)24-16-7-8-23-27(16)11-12-3-5-14(21)6-4-12/h3-10H,11H2,1-2H3,(H,24,28). The molecule has 4 aromatic rings. The molecule has 0 saturated heterocycles. The number of hydrogen-bond acceptors (Lipinski definition) is 5. The number of anilines is 1. The van der Waals surface area contributed by atoms with Crippen molar-refractivity contribution in [3.05, 3.63) is 85.8 Å². The van der Waals surface area contributed by atoms with Gasteiger partial charge < -0.3 is 5.32 Å². The summed E-state index contributed by atoms with van der Waals surface area (Å²) in [5.74, 6) is 0.0431. The summed E-state index contributed by atoms with van der Waals surface area (Å²) in [5.41, 5.74) is 0.381. The Labute approximate surface area is 175 Å². The third-order valence-corrected chi connectivity index (χ3v) is 5.01. The van der Waals surface area contributed by atoms with Crippen LogP contribution >= 0.6 is 11.6 Å². The molecule has 0 fully saturated rings. The summed E-state index contributed by atoms with van der Waals surface area (Å²) in [6.07, 6.45) is 2.91. The van der Waals surface area contributed by atoms with Gasteiger partial charge in [-0.05, 0) is 23.8 Å². The van der Waals surface area contributed by atoms with E-state index in [0.717, 1.165) is 10.1 Å². The van der Waals surface area contributed by atoms with Crippen molar-refractivity contribution in [2.45, 2.75) is 6.54 Å². The van der Waals surface area contributed by atoms with E-state index in [1.54, 1.807) is 29.1 Å². The summed E-state index contributed by atoms with van der Waals surface area (Å²) in [7, 11) is 2.90. The average Bonchev–Trinajstić information content (AvgIpc) is 3.18. The van der Waals surface area contributed by atoms with Crippen molar-refractivity contribution in [3.8, 4) is 0 Å². The summed E-state index contributed by atoms with van der Waals surface area (Å²) >= 11 is 5.91. The summed E-state index contributed by atoms with van der Waals surface area (Å²) in [6, 6.07) is 10.4. The molecule has 0 aliphatic heterocycles. The van der Waals surface area contributed by atoms with E-state index in [0.29, 0.717) is 17.4 Å². The topological polar surface area (TPSA) is 104 Å². The van der Waals surface area contributed by atoms with E-state index in [2.05, 4.69) is 15.4 Å². The van der Waals surface area contributed by atoms with Gasteiger partial charge in [-0.2, -0.15) is 5.10 Å². The molecule has 10 heteroatoms. The lowest BCUT2D eigenvalue weighted by atomic mass is 10.2. The van der Waals surface area contributed by atoms with Gasteiger partial charge in [0, 0.05) is 31.4 Å². The molecule has 1 amide bonds. The number of carbonyl (C=O) groups excluding carboxylic acids is 1. The number of aryl methyl sites for hydroxylation is 1. The van der Waals surface area contributed by atoms with Gasteiger partial charge in [-0.25, -0.2) is 14.5 Å². The molecule has 3 heterocycles. The highest BCUT2D eigenvalue weighted by molar-refractivity contribution is 6.30. The van der Waals surface area contributed by atoms with Crippen LogP contribution in [0.4, 0.5) is 5.82 Å². The molecule has 30 heavy (non-hydrogen) atoms. The monoisotopic (exact) mass is 424 g/mol. The van der Waals surface area contributed by atoms with Crippen LogP contribution in [-0.4, -0.2) is 29.8 Å². The van der Waals surface area contributed by atoms with Gasteiger partial charge in [0.05, 0.1) is 23.7 Å². The molecule has 1 aromatic carbocycles. The summed E-state index contributed by atoms with van der Waals surface area (Å²) < 4.78 is 3.88. The Hall–Kier alpha value is -3.72. The highest BCUT2D eigenvalue weighted by Crippen LogP contribution is 2.15. The fraction of sp³-hybridized carbons (Fsp3) is 0.150. The Balaban J connectivity index is 1.63. The number of nitrogens with zero attached hydrogens (tertiary/aromatic N) is 5. The molecule has 0 aliphatic carbocycles. The maximum atomic E-state index is 12.8. The fourth-order valence-electron chi connectivity index (χ4n) is 3.11. The molecule has 9 nitrogen and oxygen atoms in total. The number of aromatic nitrogens is 5. The molecule has 1 N–H and O–H groups in total. The minimum Gasteiger partial charge on any atom is -0.307 e. The lowest BCUT2D eigenvalue weighted by Crippen LogP contribution is -2.37. The van der Waals surface area contributed by atoms with Crippen LogP contribution in [0.3, 0.4) is 0 Å². The molecular weight excluding hydrogens is 408 g/mol. The molecule has 0 radical (unpaired) electrons. The van der Waals surface area contributed by atoms with E-state index in [-0.39, 0.29) is 16.6 Å². The number of fused-ring (bicyclic) bond motifs is 1. The van der Waals surface area contributed by atoms with E-state index in [1.807, 2.05) is 12.1 Å². The van der Waals surface area contributed by atoms with Crippen molar-refractivity contribution in [2.75, 3.05) is 5.32 Å². The van der Waals surface area contributed by atoms with Gasteiger partial charge in [0.25, 0.3) is 11.5 Å². The van der Waals surface area contributed by atoms with Gasteiger partial charge >= 0.3 is 5.69 Å². The highest BCUT2D eigenvalue weighted by Gasteiger charge is 2.15. The third kappa shape index (κ3) is 3.50. The SMILES string of the molecule is Cn1c(=O)c2cc(C(=O)Nc3ccnn3Cc3ccc(Cl)cc3)cnc2n(C)c1=O. The average molecular weight is 425 g/mol. The quantitative estimate of drug-likeness (QED) is 0.537. The molecule has 0 saturated carbocycles. The molecule has 4 rings (SSSR count). The second kappa shape index (κ2) is 7.60. The molecule has 3 aromatic heterocycles. The smallest absolute Gasteiger partial charge is 0.307 e. The zero-order chi connectivity index (χ0) is 21.4. The second-order valence-electron chi connectivity index (χ2n) is 6.76. The zero-order valence-corrected chi connectivity index (χ0v) is 16.9. The van der Waals surface area contributed by atoms with Crippen LogP contribution in [0.25, 0.3) is 11.0 Å². The van der Waals surface area contributed by atoms with Crippen molar-refractivity contribution in [2.24, 2.45) is 14.1 Å². The van der Waals surface area contributed by atoms with Crippen molar-refractivity contribution < 1.29 is 4.79 Å². The first-order valence-electron chi connectivity index (χ1n) is 8.98. The van der Waals surface area contributed by atoms with Gasteiger partial charge in [0.15, 0.2) is 0 Å². The Morgan fingerprint density at radius 3 is 2.57 bits per heavy atom. The molecule has 152 valence electrons. The normalized spacial score (nSPS) is 11.0. The summed E-state index contributed by atoms with van der Waals surface area (Å²) in [5, 5.41) is 7.84. The van der Waals surface area contributed by atoms with Crippen molar-refractivity contribution in [1.82, 2.24) is 23.9 Å². The Bertz CT molecular complexity index is 1380. The van der Waals surface area contributed by atoms with Gasteiger partial charge in [-0.1, -0.05) is 23.7 Å². The number of amides is 1. The second-order valence-corrected chi connectivity index (χ2v) is 7.19. The molecule has 0 atom stereocenters. The first-order chi connectivity index (χ1) is 14.3. The molecule has 0 spiro atoms. The maximum absolute atomic E-state index is 12.8. The fourth-order valence-corrected chi connectivity index (χ4v) is 3.23. The minimum atomic E-state index is -0.511. The maximum Gasteiger partial charge on any atom is 0.332 e. The Morgan fingerprint density at radius 1 is 1.10 bits per heavy atom. The number of carbonyl (C=O) groups is 1. The number of benzene rings is 1. The Kier molecular flexibility index (Phi) is 4.96. The first-order valence-corrected chi connectivity index (χ1v) is 9.36. The predicted octanol–water partition coefficient (Wildman–Crippen LogP) is 1.78. The lowest BCUT2D eigenvalue weighted by Gasteiger charge is -2.10. The minimum absolute atomic E-state index is 0.182. The van der Waals surface area contributed by atoms with Crippen LogP contribution in [0.1, 0.15) is 15.9 Å².